The lowest BCUT2D eigenvalue weighted by molar-refractivity contribution is 0.415. The molecular weight excluding hydrogens is 224 g/mol. The van der Waals surface area contributed by atoms with Crippen molar-refractivity contribution in [2.45, 2.75) is 0 Å². The van der Waals surface area contributed by atoms with Gasteiger partial charge in [-0.05, 0) is 24.3 Å². The number of nitrogens with zero attached hydrogens (tertiary/aromatic N) is 2. The molecule has 0 atom stereocenters. The molecule has 0 unspecified atom stereocenters. The molecule has 0 aliphatic rings. The molecule has 0 aliphatic carbocycles. The Hall–Kier alpha value is -2.57. The summed E-state index contributed by atoms with van der Waals surface area (Å²) in [5, 5.41) is 21.1. The zero-order chi connectivity index (χ0) is 12.3. The van der Waals surface area contributed by atoms with Gasteiger partial charge in [0.2, 0.25) is 11.6 Å². The van der Waals surface area contributed by atoms with Crippen LogP contribution in [0.25, 0.3) is 0 Å². The molecule has 0 saturated heterocycles. The van der Waals surface area contributed by atoms with E-state index in [0.29, 0.717) is 11.4 Å². The van der Waals surface area contributed by atoms with Gasteiger partial charge in [-0.3, -0.25) is 15.0 Å². The van der Waals surface area contributed by atoms with Gasteiger partial charge in [-0.2, -0.15) is 5.11 Å². The summed E-state index contributed by atoms with van der Waals surface area (Å²) in [6, 6.07) is 6.80. The van der Waals surface area contributed by atoms with Crippen LogP contribution < -0.4 is 10.3 Å². The third-order valence-electron chi connectivity index (χ3n) is 2.07. The van der Waals surface area contributed by atoms with Crippen LogP contribution in [0.1, 0.15) is 0 Å². The summed E-state index contributed by atoms with van der Waals surface area (Å²) in [6.45, 7) is 0. The van der Waals surface area contributed by atoms with E-state index in [-0.39, 0.29) is 11.6 Å². The summed E-state index contributed by atoms with van der Waals surface area (Å²) in [5.74, 6) is 0.360. The Morgan fingerprint density at radius 1 is 1.18 bits per heavy atom. The fourth-order valence-electron chi connectivity index (χ4n) is 1.19. The molecule has 0 radical (unpaired) electrons. The summed E-state index contributed by atoms with van der Waals surface area (Å²) in [6.07, 6.45) is 0. The maximum Gasteiger partial charge on any atom is 0.295 e. The quantitative estimate of drug-likeness (QED) is 0.706. The maximum absolute atomic E-state index is 11.1. The molecule has 0 bridgehead atoms. The van der Waals surface area contributed by atoms with Gasteiger partial charge in [-0.25, -0.2) is 0 Å². The van der Waals surface area contributed by atoms with E-state index in [1.54, 1.807) is 31.4 Å². The molecule has 2 aromatic rings. The smallest absolute Gasteiger partial charge is 0.295 e. The average Bonchev–Trinajstić information content (AvgIpc) is 2.67. The maximum atomic E-state index is 11.1. The summed E-state index contributed by atoms with van der Waals surface area (Å²) in [4.78, 5) is 11.1. The highest BCUT2D eigenvalue weighted by molar-refractivity contribution is 5.45. The number of aromatic nitrogens is 2. The minimum atomic E-state index is -0.528. The van der Waals surface area contributed by atoms with Gasteiger partial charge in [0.15, 0.2) is 0 Å². The van der Waals surface area contributed by atoms with E-state index < -0.39 is 5.56 Å². The van der Waals surface area contributed by atoms with Crippen molar-refractivity contribution < 1.29 is 9.84 Å². The van der Waals surface area contributed by atoms with Crippen LogP contribution in [0.15, 0.2) is 39.3 Å². The van der Waals surface area contributed by atoms with Crippen LogP contribution in [0.2, 0.25) is 0 Å². The van der Waals surface area contributed by atoms with Gasteiger partial charge in [0.25, 0.3) is 5.56 Å². The third-order valence-corrected chi connectivity index (χ3v) is 2.07. The predicted octanol–water partition coefficient (Wildman–Crippen LogP) is 1.83. The Balaban J connectivity index is 2.23. The van der Waals surface area contributed by atoms with E-state index in [9.17, 15) is 9.90 Å². The molecule has 3 N–H and O–H groups in total. The molecule has 7 nitrogen and oxygen atoms in total. The number of aromatic hydroxyl groups is 1. The van der Waals surface area contributed by atoms with Crippen LogP contribution in [-0.2, 0) is 0 Å². The van der Waals surface area contributed by atoms with Crippen LogP contribution in [0.5, 0.6) is 11.6 Å². The second kappa shape index (κ2) is 4.52. The molecule has 1 aromatic heterocycles. The largest absolute Gasteiger partial charge is 0.497 e. The van der Waals surface area contributed by atoms with E-state index >= 15 is 0 Å². The number of aromatic amines is 2. The molecule has 2 rings (SSSR count). The van der Waals surface area contributed by atoms with Crippen molar-refractivity contribution in [3.8, 4) is 11.6 Å². The molecule has 0 fully saturated rings. The molecule has 88 valence electrons. The highest BCUT2D eigenvalue weighted by Crippen LogP contribution is 2.22. The first-order valence-corrected chi connectivity index (χ1v) is 4.76. The monoisotopic (exact) mass is 234 g/mol. The zero-order valence-electron chi connectivity index (χ0n) is 8.97. The van der Waals surface area contributed by atoms with Crippen LogP contribution in [0.4, 0.5) is 11.4 Å². The molecule has 0 aliphatic heterocycles. The van der Waals surface area contributed by atoms with Crippen molar-refractivity contribution in [2.75, 3.05) is 7.11 Å². The Bertz CT molecular complexity index is 582. The molecule has 0 amide bonds. The Labute approximate surface area is 95.8 Å². The number of ether oxygens (including phenoxy) is 1. The van der Waals surface area contributed by atoms with Gasteiger partial charge >= 0.3 is 0 Å². The molecule has 7 heteroatoms. The average molecular weight is 234 g/mol. The molecule has 0 spiro atoms. The minimum absolute atomic E-state index is 0.152. The van der Waals surface area contributed by atoms with Crippen LogP contribution in [0.3, 0.4) is 0 Å². The standard InChI is InChI=1S/C10H10N4O3/c1-17-7-4-2-6(3-5-7)11-12-8-9(15)13-14-10(8)16/h2-5H,1H3,(H3,13,14,15,16). The van der Waals surface area contributed by atoms with E-state index in [1.165, 1.54) is 0 Å². The van der Waals surface area contributed by atoms with E-state index in [4.69, 9.17) is 4.74 Å². The number of hydrogen-bond donors (Lipinski definition) is 3. The fraction of sp³-hybridized carbons (Fsp3) is 0.100. The fourth-order valence-corrected chi connectivity index (χ4v) is 1.19. The van der Waals surface area contributed by atoms with E-state index in [0.717, 1.165) is 0 Å². The van der Waals surface area contributed by atoms with E-state index in [2.05, 4.69) is 20.4 Å². The lowest BCUT2D eigenvalue weighted by Crippen LogP contribution is -1.96. The number of benzene rings is 1. The van der Waals surface area contributed by atoms with Crippen LogP contribution in [-0.4, -0.2) is 22.4 Å². The zero-order valence-corrected chi connectivity index (χ0v) is 8.97. The van der Waals surface area contributed by atoms with Crippen molar-refractivity contribution in [3.63, 3.8) is 0 Å². The number of hydrogen-bond acceptors (Lipinski definition) is 5. The SMILES string of the molecule is COc1ccc(N=Nc2c(O)[nH][nH]c2=O)cc1. The lowest BCUT2D eigenvalue weighted by Gasteiger charge is -1.97. The Kier molecular flexibility index (Phi) is 2.91. The summed E-state index contributed by atoms with van der Waals surface area (Å²) in [5.41, 5.74) is -0.133. The highest BCUT2D eigenvalue weighted by atomic mass is 16.5. The molecule has 0 saturated carbocycles. The number of methoxy groups -OCH3 is 1. The predicted molar refractivity (Wildman–Crippen MR) is 60.2 cm³/mol. The van der Waals surface area contributed by atoms with Gasteiger partial charge in [-0.15, -0.1) is 5.11 Å². The Morgan fingerprint density at radius 3 is 2.41 bits per heavy atom. The van der Waals surface area contributed by atoms with Gasteiger partial charge in [0.1, 0.15) is 5.75 Å². The molecule has 17 heavy (non-hydrogen) atoms. The van der Waals surface area contributed by atoms with Crippen molar-refractivity contribution in [1.29, 1.82) is 0 Å². The van der Waals surface area contributed by atoms with Crippen molar-refractivity contribution in [1.82, 2.24) is 10.2 Å². The first-order chi connectivity index (χ1) is 8.20. The summed E-state index contributed by atoms with van der Waals surface area (Å²) < 4.78 is 4.99. The number of H-pyrrole nitrogens is 2. The first-order valence-electron chi connectivity index (χ1n) is 4.76. The van der Waals surface area contributed by atoms with Gasteiger partial charge in [-0.1, -0.05) is 0 Å². The van der Waals surface area contributed by atoms with Crippen LogP contribution in [0, 0.1) is 0 Å². The van der Waals surface area contributed by atoms with Crippen LogP contribution >= 0.6 is 0 Å². The summed E-state index contributed by atoms with van der Waals surface area (Å²) >= 11 is 0. The second-order valence-electron chi connectivity index (χ2n) is 3.17. The first kappa shape index (κ1) is 10.9. The van der Waals surface area contributed by atoms with Gasteiger partial charge in [0.05, 0.1) is 12.8 Å². The molecular formula is C10H10N4O3. The Morgan fingerprint density at radius 2 is 1.88 bits per heavy atom. The number of rotatable bonds is 3. The number of nitrogens with one attached hydrogen (secondary N) is 2. The van der Waals surface area contributed by atoms with Crippen molar-refractivity contribution in [2.24, 2.45) is 10.2 Å². The summed E-state index contributed by atoms with van der Waals surface area (Å²) in [7, 11) is 1.56. The van der Waals surface area contributed by atoms with E-state index in [1.807, 2.05) is 0 Å². The minimum Gasteiger partial charge on any atom is -0.497 e. The topological polar surface area (TPSA) is 103 Å². The lowest BCUT2D eigenvalue weighted by atomic mass is 10.3. The number of azo groups is 1. The van der Waals surface area contributed by atoms with Gasteiger partial charge < -0.3 is 9.84 Å². The second-order valence-corrected chi connectivity index (χ2v) is 3.17. The molecule has 1 aromatic carbocycles. The van der Waals surface area contributed by atoms with Crippen molar-refractivity contribution >= 4 is 11.4 Å². The third kappa shape index (κ3) is 2.33. The normalized spacial score (nSPS) is 10.9. The molecule has 1 heterocycles. The highest BCUT2D eigenvalue weighted by Gasteiger charge is 2.06. The van der Waals surface area contributed by atoms with Gasteiger partial charge in [0, 0.05) is 0 Å². The van der Waals surface area contributed by atoms with Crippen molar-refractivity contribution in [3.05, 3.63) is 34.6 Å².